The van der Waals surface area contributed by atoms with Crippen molar-refractivity contribution in [1.82, 2.24) is 14.5 Å². The molecule has 0 saturated carbocycles. The SMILES string of the molecule is CCCn1c(SCC(=O)N2CCCC(C)C2)nc2ccccc2c1=O. The van der Waals surface area contributed by atoms with Gasteiger partial charge in [0.1, 0.15) is 0 Å². The number of carbonyl (C=O) groups excluding carboxylic acids is 1. The molecule has 0 radical (unpaired) electrons. The highest BCUT2D eigenvalue weighted by Gasteiger charge is 2.21. The number of carbonyl (C=O) groups is 1. The molecule has 1 aromatic heterocycles. The fraction of sp³-hybridized carbons (Fsp3) is 0.526. The molecule has 134 valence electrons. The molecule has 0 N–H and O–H groups in total. The van der Waals surface area contributed by atoms with E-state index >= 15 is 0 Å². The van der Waals surface area contributed by atoms with E-state index < -0.39 is 0 Å². The minimum absolute atomic E-state index is 0.0195. The van der Waals surface area contributed by atoms with Gasteiger partial charge in [0.25, 0.3) is 5.56 Å². The maximum atomic E-state index is 12.7. The van der Waals surface area contributed by atoms with Gasteiger partial charge in [0, 0.05) is 19.6 Å². The molecule has 1 aliphatic rings. The van der Waals surface area contributed by atoms with Gasteiger partial charge in [-0.05, 0) is 37.3 Å². The molecule has 5 nitrogen and oxygen atoms in total. The van der Waals surface area contributed by atoms with E-state index in [2.05, 4.69) is 11.9 Å². The van der Waals surface area contributed by atoms with Crippen LogP contribution in [-0.4, -0.2) is 39.2 Å². The van der Waals surface area contributed by atoms with E-state index in [-0.39, 0.29) is 11.5 Å². The number of hydrogen-bond acceptors (Lipinski definition) is 4. The van der Waals surface area contributed by atoms with Crippen molar-refractivity contribution in [1.29, 1.82) is 0 Å². The van der Waals surface area contributed by atoms with Crippen molar-refractivity contribution < 1.29 is 4.79 Å². The zero-order valence-corrected chi connectivity index (χ0v) is 15.7. The Bertz CT molecular complexity index is 818. The number of benzene rings is 1. The van der Waals surface area contributed by atoms with Crippen molar-refractivity contribution in [3.05, 3.63) is 34.6 Å². The summed E-state index contributed by atoms with van der Waals surface area (Å²) in [4.78, 5) is 31.9. The van der Waals surface area contributed by atoms with E-state index in [0.717, 1.165) is 25.9 Å². The molecule has 2 heterocycles. The van der Waals surface area contributed by atoms with Crippen molar-refractivity contribution in [2.45, 2.75) is 44.8 Å². The van der Waals surface area contributed by atoms with Crippen molar-refractivity contribution in [2.75, 3.05) is 18.8 Å². The van der Waals surface area contributed by atoms with Gasteiger partial charge in [0.2, 0.25) is 5.91 Å². The fourth-order valence-electron chi connectivity index (χ4n) is 3.31. The van der Waals surface area contributed by atoms with Crippen molar-refractivity contribution in [3.8, 4) is 0 Å². The zero-order valence-electron chi connectivity index (χ0n) is 14.9. The maximum Gasteiger partial charge on any atom is 0.262 e. The summed E-state index contributed by atoms with van der Waals surface area (Å²) in [6.07, 6.45) is 3.12. The summed E-state index contributed by atoms with van der Waals surface area (Å²) in [6.45, 7) is 6.53. The number of hydrogen-bond donors (Lipinski definition) is 0. The molecule has 25 heavy (non-hydrogen) atoms. The van der Waals surface area contributed by atoms with Gasteiger partial charge in [-0.25, -0.2) is 4.98 Å². The number of thioether (sulfide) groups is 1. The van der Waals surface area contributed by atoms with Gasteiger partial charge < -0.3 is 4.90 Å². The Kier molecular flexibility index (Phi) is 5.78. The molecule has 3 rings (SSSR count). The fourth-order valence-corrected chi connectivity index (χ4v) is 4.24. The van der Waals surface area contributed by atoms with Crippen molar-refractivity contribution >= 4 is 28.6 Å². The third-order valence-corrected chi connectivity index (χ3v) is 5.57. The summed E-state index contributed by atoms with van der Waals surface area (Å²) in [5, 5.41) is 1.28. The molecule has 6 heteroatoms. The number of amides is 1. The van der Waals surface area contributed by atoms with E-state index in [1.807, 2.05) is 36.1 Å². The van der Waals surface area contributed by atoms with E-state index in [1.54, 1.807) is 4.57 Å². The number of para-hydroxylation sites is 1. The molecule has 1 aliphatic heterocycles. The number of fused-ring (bicyclic) bond motifs is 1. The van der Waals surface area contributed by atoms with E-state index in [0.29, 0.717) is 34.3 Å². The van der Waals surface area contributed by atoms with Crippen LogP contribution in [0.4, 0.5) is 0 Å². The van der Waals surface area contributed by atoms with Crippen LogP contribution < -0.4 is 5.56 Å². The van der Waals surface area contributed by atoms with Gasteiger partial charge in [-0.1, -0.05) is 37.7 Å². The van der Waals surface area contributed by atoms with Crippen LogP contribution in [0.2, 0.25) is 0 Å². The number of likely N-dealkylation sites (tertiary alicyclic amines) is 1. The number of piperidine rings is 1. The van der Waals surface area contributed by atoms with Crippen LogP contribution in [0, 0.1) is 5.92 Å². The predicted octanol–water partition coefficient (Wildman–Crippen LogP) is 3.16. The Balaban J connectivity index is 1.81. The molecule has 0 spiro atoms. The molecule has 2 aromatic rings. The van der Waals surface area contributed by atoms with Gasteiger partial charge in [-0.3, -0.25) is 14.2 Å². The first-order valence-electron chi connectivity index (χ1n) is 9.00. The van der Waals surface area contributed by atoms with E-state index in [4.69, 9.17) is 0 Å². The second-order valence-corrected chi connectivity index (χ2v) is 7.69. The lowest BCUT2D eigenvalue weighted by atomic mass is 10.0. The molecule has 1 amide bonds. The van der Waals surface area contributed by atoms with Crippen molar-refractivity contribution in [3.63, 3.8) is 0 Å². The van der Waals surface area contributed by atoms with Crippen molar-refractivity contribution in [2.24, 2.45) is 5.92 Å². The normalized spacial score (nSPS) is 17.8. The second-order valence-electron chi connectivity index (χ2n) is 6.74. The number of rotatable bonds is 5. The lowest BCUT2D eigenvalue weighted by Crippen LogP contribution is -2.40. The predicted molar refractivity (Wildman–Crippen MR) is 102 cm³/mol. The molecule has 1 atom stereocenters. The molecule has 0 bridgehead atoms. The summed E-state index contributed by atoms with van der Waals surface area (Å²) >= 11 is 1.38. The minimum Gasteiger partial charge on any atom is -0.342 e. The highest BCUT2D eigenvalue weighted by molar-refractivity contribution is 7.99. The molecule has 1 fully saturated rings. The van der Waals surface area contributed by atoms with Gasteiger partial charge in [-0.15, -0.1) is 0 Å². The average Bonchev–Trinajstić information content (AvgIpc) is 2.62. The Morgan fingerprint density at radius 1 is 1.36 bits per heavy atom. The van der Waals surface area contributed by atoms with Gasteiger partial charge >= 0.3 is 0 Å². The van der Waals surface area contributed by atoms with Gasteiger partial charge in [-0.2, -0.15) is 0 Å². The van der Waals surface area contributed by atoms with Crippen LogP contribution in [0.1, 0.15) is 33.1 Å². The zero-order chi connectivity index (χ0) is 17.8. The highest BCUT2D eigenvalue weighted by Crippen LogP contribution is 2.21. The molecule has 1 aromatic carbocycles. The number of aromatic nitrogens is 2. The number of nitrogens with zero attached hydrogens (tertiary/aromatic N) is 3. The standard InChI is InChI=1S/C19H25N3O2S/c1-3-10-22-18(24)15-8-4-5-9-16(15)20-19(22)25-13-17(23)21-11-6-7-14(2)12-21/h4-5,8-9,14H,3,6-7,10-13H2,1-2H3. The van der Waals surface area contributed by atoms with Crippen LogP contribution in [0.5, 0.6) is 0 Å². The molecule has 1 unspecified atom stereocenters. The van der Waals surface area contributed by atoms with E-state index in [9.17, 15) is 9.59 Å². The lowest BCUT2D eigenvalue weighted by Gasteiger charge is -2.30. The third kappa shape index (κ3) is 4.06. The van der Waals surface area contributed by atoms with Gasteiger partial charge in [0.15, 0.2) is 5.16 Å². The Labute approximate surface area is 152 Å². The third-order valence-electron chi connectivity index (χ3n) is 4.61. The first kappa shape index (κ1) is 18.0. The maximum absolute atomic E-state index is 12.7. The van der Waals surface area contributed by atoms with Crippen LogP contribution in [-0.2, 0) is 11.3 Å². The van der Waals surface area contributed by atoms with Crippen LogP contribution in [0.25, 0.3) is 10.9 Å². The van der Waals surface area contributed by atoms with Crippen LogP contribution in [0.15, 0.2) is 34.2 Å². The Morgan fingerprint density at radius 2 is 2.16 bits per heavy atom. The summed E-state index contributed by atoms with van der Waals surface area (Å²) in [7, 11) is 0. The Morgan fingerprint density at radius 3 is 2.92 bits per heavy atom. The first-order valence-corrected chi connectivity index (χ1v) is 9.99. The molecular weight excluding hydrogens is 334 g/mol. The quantitative estimate of drug-likeness (QED) is 0.608. The van der Waals surface area contributed by atoms with E-state index in [1.165, 1.54) is 18.2 Å². The summed E-state index contributed by atoms with van der Waals surface area (Å²) in [5.41, 5.74) is 0.676. The average molecular weight is 359 g/mol. The molecule has 1 saturated heterocycles. The molecular formula is C19H25N3O2S. The smallest absolute Gasteiger partial charge is 0.262 e. The largest absolute Gasteiger partial charge is 0.342 e. The Hall–Kier alpha value is -1.82. The first-order chi connectivity index (χ1) is 12.1. The summed E-state index contributed by atoms with van der Waals surface area (Å²) in [6, 6.07) is 7.40. The second kappa shape index (κ2) is 8.04. The summed E-state index contributed by atoms with van der Waals surface area (Å²) in [5.74, 6) is 1.04. The van der Waals surface area contributed by atoms with Crippen LogP contribution in [0.3, 0.4) is 0 Å². The molecule has 0 aliphatic carbocycles. The minimum atomic E-state index is -0.0195. The highest BCUT2D eigenvalue weighted by atomic mass is 32.2. The van der Waals surface area contributed by atoms with Gasteiger partial charge in [0.05, 0.1) is 16.7 Å². The van der Waals surface area contributed by atoms with Crippen LogP contribution >= 0.6 is 11.8 Å². The lowest BCUT2D eigenvalue weighted by molar-refractivity contribution is -0.130. The monoisotopic (exact) mass is 359 g/mol. The summed E-state index contributed by atoms with van der Waals surface area (Å²) < 4.78 is 1.71. The topological polar surface area (TPSA) is 55.2 Å².